The molecule has 0 aliphatic carbocycles. The molecule has 0 unspecified atom stereocenters. The molecule has 25 heavy (non-hydrogen) atoms. The number of quaternary nitrogens is 1. The van der Waals surface area contributed by atoms with Gasteiger partial charge in [-0.05, 0) is 31.9 Å². The molecule has 7 heteroatoms. The molecule has 140 valence electrons. The van der Waals surface area contributed by atoms with E-state index in [-0.39, 0.29) is 11.8 Å². The van der Waals surface area contributed by atoms with Crippen LogP contribution in [0.25, 0.3) is 0 Å². The largest absolute Gasteiger partial charge is 0.356 e. The highest BCUT2D eigenvalue weighted by atomic mass is 32.2. The average Bonchev–Trinajstić information content (AvgIpc) is 2.59. The molecule has 1 saturated heterocycles. The van der Waals surface area contributed by atoms with Crippen molar-refractivity contribution in [3.8, 4) is 0 Å². The highest BCUT2D eigenvalue weighted by Gasteiger charge is 2.31. The van der Waals surface area contributed by atoms with E-state index in [1.165, 1.54) is 9.21 Å². The van der Waals surface area contributed by atoms with Gasteiger partial charge in [0.2, 0.25) is 15.9 Å². The van der Waals surface area contributed by atoms with E-state index < -0.39 is 10.0 Å². The Bertz CT molecular complexity index is 663. The Balaban J connectivity index is 1.84. The third kappa shape index (κ3) is 5.52. The molecule has 0 spiro atoms. The van der Waals surface area contributed by atoms with Crippen molar-refractivity contribution < 1.29 is 18.1 Å². The zero-order valence-corrected chi connectivity index (χ0v) is 16.2. The first kappa shape index (κ1) is 19.9. The van der Waals surface area contributed by atoms with Crippen LogP contribution in [0.15, 0.2) is 29.2 Å². The summed E-state index contributed by atoms with van der Waals surface area (Å²) in [6, 6.07) is 6.91. The number of sulfonamides is 1. The van der Waals surface area contributed by atoms with Gasteiger partial charge in [-0.25, -0.2) is 8.42 Å². The second kappa shape index (κ2) is 8.78. The van der Waals surface area contributed by atoms with Gasteiger partial charge in [-0.15, -0.1) is 0 Å². The number of piperidine rings is 1. The van der Waals surface area contributed by atoms with E-state index in [2.05, 4.69) is 19.4 Å². The fraction of sp³-hybridized carbons (Fsp3) is 0.611. The van der Waals surface area contributed by atoms with Gasteiger partial charge < -0.3 is 10.2 Å². The smallest absolute Gasteiger partial charge is 0.243 e. The van der Waals surface area contributed by atoms with E-state index in [1.807, 2.05) is 19.1 Å². The summed E-state index contributed by atoms with van der Waals surface area (Å²) in [5, 5.41) is 2.98. The van der Waals surface area contributed by atoms with Gasteiger partial charge in [-0.1, -0.05) is 17.7 Å². The van der Waals surface area contributed by atoms with Crippen molar-refractivity contribution in [3.05, 3.63) is 29.8 Å². The summed E-state index contributed by atoms with van der Waals surface area (Å²) in [4.78, 5) is 13.9. The summed E-state index contributed by atoms with van der Waals surface area (Å²) in [5.74, 6) is -0.0303. The lowest BCUT2D eigenvalue weighted by molar-refractivity contribution is -0.858. The van der Waals surface area contributed by atoms with Crippen LogP contribution in [0.3, 0.4) is 0 Å². The maximum Gasteiger partial charge on any atom is 0.243 e. The van der Waals surface area contributed by atoms with Crippen LogP contribution in [-0.2, 0) is 14.8 Å². The van der Waals surface area contributed by atoms with E-state index >= 15 is 0 Å². The highest BCUT2D eigenvalue weighted by molar-refractivity contribution is 7.89. The fourth-order valence-electron chi connectivity index (χ4n) is 3.02. The third-order valence-corrected chi connectivity index (χ3v) is 6.55. The summed E-state index contributed by atoms with van der Waals surface area (Å²) in [5.41, 5.74) is 1.03. The Labute approximate surface area is 151 Å². The zero-order valence-electron chi connectivity index (χ0n) is 15.4. The van der Waals surface area contributed by atoms with Crippen LogP contribution in [0.4, 0.5) is 0 Å². The van der Waals surface area contributed by atoms with Crippen LogP contribution in [0.5, 0.6) is 0 Å². The molecule has 2 rings (SSSR count). The molecule has 6 nitrogen and oxygen atoms in total. The summed E-state index contributed by atoms with van der Waals surface area (Å²) in [6.45, 7) is 4.44. The van der Waals surface area contributed by atoms with Crippen molar-refractivity contribution in [2.45, 2.75) is 31.1 Å². The Kier molecular flexibility index (Phi) is 6.98. The summed E-state index contributed by atoms with van der Waals surface area (Å²) >= 11 is 0. The quantitative estimate of drug-likeness (QED) is 0.668. The molecule has 1 amide bonds. The fourth-order valence-corrected chi connectivity index (χ4v) is 4.49. The standard InChI is InChI=1S/C18H29N3O3S/c1-15-5-7-17(8-6-15)25(23,24)21-13-9-16(10-14-21)18(22)19-11-4-12-20(2)3/h5-8,16H,4,9-14H2,1-3H3,(H,19,22)/p+1. The number of nitrogens with one attached hydrogen (secondary N) is 2. The molecule has 1 aromatic rings. The Morgan fingerprint density at radius 1 is 1.20 bits per heavy atom. The first-order valence-electron chi connectivity index (χ1n) is 8.94. The molecule has 0 bridgehead atoms. The van der Waals surface area contributed by atoms with Crippen LogP contribution in [0.1, 0.15) is 24.8 Å². The van der Waals surface area contributed by atoms with E-state index in [1.54, 1.807) is 12.1 Å². The first-order valence-corrected chi connectivity index (χ1v) is 10.4. The molecule has 0 saturated carbocycles. The van der Waals surface area contributed by atoms with E-state index in [4.69, 9.17) is 0 Å². The van der Waals surface area contributed by atoms with Gasteiger partial charge in [-0.3, -0.25) is 4.79 Å². The van der Waals surface area contributed by atoms with Gasteiger partial charge in [0, 0.05) is 32.0 Å². The van der Waals surface area contributed by atoms with Gasteiger partial charge in [0.05, 0.1) is 25.5 Å². The van der Waals surface area contributed by atoms with Crippen molar-refractivity contribution in [1.29, 1.82) is 0 Å². The SMILES string of the molecule is Cc1ccc(S(=O)(=O)N2CCC(C(=O)NCCC[NH+](C)C)CC2)cc1. The minimum Gasteiger partial charge on any atom is -0.356 e. The molecular weight excluding hydrogens is 338 g/mol. The Morgan fingerprint density at radius 2 is 1.80 bits per heavy atom. The molecular formula is C18H30N3O3S+. The normalized spacial score (nSPS) is 17.0. The molecule has 0 aromatic heterocycles. The second-order valence-corrected chi connectivity index (χ2v) is 9.03. The van der Waals surface area contributed by atoms with E-state index in [9.17, 15) is 13.2 Å². The van der Waals surface area contributed by atoms with Crippen molar-refractivity contribution in [1.82, 2.24) is 9.62 Å². The van der Waals surface area contributed by atoms with Crippen molar-refractivity contribution >= 4 is 15.9 Å². The number of rotatable bonds is 7. The van der Waals surface area contributed by atoms with E-state index in [0.717, 1.165) is 18.5 Å². The maximum atomic E-state index is 12.7. The predicted octanol–water partition coefficient (Wildman–Crippen LogP) is 0.0465. The van der Waals surface area contributed by atoms with Gasteiger partial charge in [0.1, 0.15) is 0 Å². The van der Waals surface area contributed by atoms with Gasteiger partial charge >= 0.3 is 0 Å². The van der Waals surface area contributed by atoms with Crippen molar-refractivity contribution in [3.63, 3.8) is 0 Å². The number of aryl methyl sites for hydroxylation is 1. The molecule has 1 heterocycles. The third-order valence-electron chi connectivity index (χ3n) is 4.64. The lowest BCUT2D eigenvalue weighted by Gasteiger charge is -2.30. The van der Waals surface area contributed by atoms with E-state index in [0.29, 0.717) is 37.4 Å². The molecule has 0 atom stereocenters. The maximum absolute atomic E-state index is 12.7. The second-order valence-electron chi connectivity index (χ2n) is 7.09. The number of carbonyl (C=O) groups excluding carboxylic acids is 1. The van der Waals surface area contributed by atoms with Crippen LogP contribution < -0.4 is 10.2 Å². The van der Waals surface area contributed by atoms with Gasteiger partial charge in [0.15, 0.2) is 0 Å². The van der Waals surface area contributed by atoms with Crippen LogP contribution in [-0.4, -0.2) is 58.9 Å². The summed E-state index contributed by atoms with van der Waals surface area (Å²) in [7, 11) is 0.719. The van der Waals surface area contributed by atoms with Gasteiger partial charge in [-0.2, -0.15) is 4.31 Å². The molecule has 1 aromatic carbocycles. The zero-order chi connectivity index (χ0) is 18.4. The number of amides is 1. The summed E-state index contributed by atoms with van der Waals surface area (Å²) < 4.78 is 26.8. The molecule has 1 aliphatic heterocycles. The minimum atomic E-state index is -3.46. The highest BCUT2D eigenvalue weighted by Crippen LogP contribution is 2.24. The number of carbonyl (C=O) groups is 1. The molecule has 1 aliphatic rings. The van der Waals surface area contributed by atoms with Crippen LogP contribution in [0, 0.1) is 12.8 Å². The summed E-state index contributed by atoms with van der Waals surface area (Å²) in [6.07, 6.45) is 2.11. The molecule has 2 N–H and O–H groups in total. The van der Waals surface area contributed by atoms with Crippen LogP contribution in [0.2, 0.25) is 0 Å². The number of hydrogen-bond donors (Lipinski definition) is 2. The topological polar surface area (TPSA) is 70.9 Å². The number of nitrogens with zero attached hydrogens (tertiary/aromatic N) is 1. The van der Waals surface area contributed by atoms with Crippen molar-refractivity contribution in [2.75, 3.05) is 40.3 Å². The number of benzene rings is 1. The Morgan fingerprint density at radius 3 is 2.36 bits per heavy atom. The average molecular weight is 369 g/mol. The number of hydrogen-bond acceptors (Lipinski definition) is 3. The van der Waals surface area contributed by atoms with Crippen molar-refractivity contribution in [2.24, 2.45) is 5.92 Å². The van der Waals surface area contributed by atoms with Crippen LogP contribution >= 0.6 is 0 Å². The monoisotopic (exact) mass is 368 g/mol. The minimum absolute atomic E-state index is 0.0566. The first-order chi connectivity index (χ1) is 11.8. The molecule has 1 fully saturated rings. The Hall–Kier alpha value is -1.44. The lowest BCUT2D eigenvalue weighted by atomic mass is 9.97. The van der Waals surface area contributed by atoms with Gasteiger partial charge in [0.25, 0.3) is 0 Å². The molecule has 0 radical (unpaired) electrons. The lowest BCUT2D eigenvalue weighted by Crippen LogP contribution is -3.05. The predicted molar refractivity (Wildman–Crippen MR) is 98.0 cm³/mol.